The second-order valence-corrected chi connectivity index (χ2v) is 8.71. The molecule has 0 radical (unpaired) electrons. The van der Waals surface area contributed by atoms with Gasteiger partial charge >= 0.3 is 0 Å². The predicted molar refractivity (Wildman–Crippen MR) is 96.2 cm³/mol. The van der Waals surface area contributed by atoms with Crippen molar-refractivity contribution < 1.29 is 13.2 Å². The first-order valence-corrected chi connectivity index (χ1v) is 10.0. The summed E-state index contributed by atoms with van der Waals surface area (Å²) >= 11 is 0. The largest absolute Gasteiger partial charge is 0.339 e. The molecule has 1 saturated heterocycles. The fourth-order valence-corrected chi connectivity index (χ4v) is 4.63. The first-order chi connectivity index (χ1) is 11.4. The van der Waals surface area contributed by atoms with Crippen LogP contribution in [0.3, 0.4) is 0 Å². The average Bonchev–Trinajstić information content (AvgIpc) is 3.35. The van der Waals surface area contributed by atoms with Gasteiger partial charge in [0.1, 0.15) is 0 Å². The van der Waals surface area contributed by atoms with Crippen LogP contribution in [0.5, 0.6) is 0 Å². The maximum atomic E-state index is 12.2. The maximum Gasteiger partial charge on any atom is 0.246 e. The second-order valence-electron chi connectivity index (χ2n) is 6.69. The van der Waals surface area contributed by atoms with Gasteiger partial charge in [0.2, 0.25) is 15.9 Å². The molecule has 6 heteroatoms. The van der Waals surface area contributed by atoms with Crippen molar-refractivity contribution in [2.24, 2.45) is 5.92 Å². The van der Waals surface area contributed by atoms with E-state index in [1.54, 1.807) is 29.2 Å². The number of carbonyl (C=O) groups is 1. The minimum atomic E-state index is -3.15. The molecule has 1 aliphatic carbocycles. The number of likely N-dealkylation sites (N-methyl/N-ethyl adjacent to an activating group) is 1. The third kappa shape index (κ3) is 3.64. The third-order valence-electron chi connectivity index (χ3n) is 4.96. The van der Waals surface area contributed by atoms with E-state index >= 15 is 0 Å². The molecular weight excluding hydrogens is 324 g/mol. The van der Waals surface area contributed by atoms with Gasteiger partial charge in [-0.25, -0.2) is 8.42 Å². The average molecular weight is 348 g/mol. The summed E-state index contributed by atoms with van der Waals surface area (Å²) in [6, 6.07) is 7.56. The van der Waals surface area contributed by atoms with Gasteiger partial charge in [0.05, 0.1) is 11.4 Å². The topological polar surface area (TPSA) is 57.7 Å². The summed E-state index contributed by atoms with van der Waals surface area (Å²) in [6.07, 6.45) is 6.46. The first kappa shape index (κ1) is 17.0. The van der Waals surface area contributed by atoms with Crippen LogP contribution in [-0.4, -0.2) is 44.6 Å². The molecule has 0 bridgehead atoms. The highest BCUT2D eigenvalue weighted by atomic mass is 32.2. The van der Waals surface area contributed by atoms with Gasteiger partial charge in [-0.1, -0.05) is 12.1 Å². The summed E-state index contributed by atoms with van der Waals surface area (Å²) in [4.78, 5) is 14.0. The van der Waals surface area contributed by atoms with Crippen LogP contribution < -0.4 is 4.31 Å². The van der Waals surface area contributed by atoms with Gasteiger partial charge in [0.25, 0.3) is 0 Å². The van der Waals surface area contributed by atoms with Gasteiger partial charge < -0.3 is 4.90 Å². The number of nitrogens with zero attached hydrogens (tertiary/aromatic N) is 2. The number of hydrogen-bond acceptors (Lipinski definition) is 3. The van der Waals surface area contributed by atoms with E-state index < -0.39 is 10.0 Å². The molecule has 1 saturated carbocycles. The molecule has 1 atom stereocenters. The second kappa shape index (κ2) is 6.59. The highest BCUT2D eigenvalue weighted by molar-refractivity contribution is 7.93. The Morgan fingerprint density at radius 3 is 2.50 bits per heavy atom. The summed E-state index contributed by atoms with van der Waals surface area (Å²) < 4.78 is 25.3. The molecule has 1 unspecified atom stereocenters. The molecule has 1 heterocycles. The minimum Gasteiger partial charge on any atom is -0.339 e. The van der Waals surface area contributed by atoms with Crippen molar-refractivity contribution in [3.63, 3.8) is 0 Å². The van der Waals surface area contributed by atoms with Gasteiger partial charge in [-0.3, -0.25) is 9.10 Å². The predicted octanol–water partition coefficient (Wildman–Crippen LogP) is 2.50. The zero-order valence-electron chi connectivity index (χ0n) is 14.2. The van der Waals surface area contributed by atoms with E-state index in [4.69, 9.17) is 0 Å². The molecule has 1 aliphatic heterocycles. The van der Waals surface area contributed by atoms with E-state index in [-0.39, 0.29) is 17.7 Å². The number of benzene rings is 1. The molecule has 24 heavy (non-hydrogen) atoms. The smallest absolute Gasteiger partial charge is 0.246 e. The van der Waals surface area contributed by atoms with Crippen LogP contribution in [0.25, 0.3) is 6.08 Å². The van der Waals surface area contributed by atoms with Crippen LogP contribution in [0.15, 0.2) is 30.3 Å². The summed E-state index contributed by atoms with van der Waals surface area (Å²) in [5.41, 5.74) is 1.58. The van der Waals surface area contributed by atoms with Crippen molar-refractivity contribution in [1.29, 1.82) is 0 Å². The number of hydrogen-bond donors (Lipinski definition) is 0. The lowest BCUT2D eigenvalue weighted by Crippen LogP contribution is -2.35. The number of carbonyl (C=O) groups excluding carboxylic acids is 1. The molecule has 1 aromatic rings. The summed E-state index contributed by atoms with van der Waals surface area (Å²) in [5.74, 6) is 0.865. The fourth-order valence-electron chi connectivity index (χ4n) is 3.06. The first-order valence-electron chi connectivity index (χ1n) is 8.44. The molecular formula is C18H24N2O3S. The van der Waals surface area contributed by atoms with Crippen molar-refractivity contribution in [2.75, 3.05) is 23.7 Å². The molecule has 0 spiro atoms. The van der Waals surface area contributed by atoms with Crippen LogP contribution in [0.2, 0.25) is 0 Å². The van der Waals surface area contributed by atoms with Crippen molar-refractivity contribution in [1.82, 2.24) is 4.90 Å². The van der Waals surface area contributed by atoms with Crippen LogP contribution >= 0.6 is 0 Å². The molecule has 2 fully saturated rings. The standard InChI is InChI=1S/C18H24N2O3S/c1-14(16-7-8-16)19(2)18(21)11-6-15-4-9-17(10-5-15)20-12-3-13-24(20,22)23/h4-6,9-11,14,16H,3,7-8,12-13H2,1-2H3/b11-6+. The van der Waals surface area contributed by atoms with E-state index in [2.05, 4.69) is 6.92 Å². The van der Waals surface area contributed by atoms with Crippen molar-refractivity contribution in [2.45, 2.75) is 32.2 Å². The van der Waals surface area contributed by atoms with E-state index in [1.807, 2.05) is 19.2 Å². The molecule has 0 N–H and O–H groups in total. The van der Waals surface area contributed by atoms with E-state index in [1.165, 1.54) is 17.1 Å². The van der Waals surface area contributed by atoms with Gasteiger partial charge in [0.15, 0.2) is 0 Å². The van der Waals surface area contributed by atoms with Gasteiger partial charge in [0, 0.05) is 25.7 Å². The normalized spacial score (nSPS) is 21.2. The van der Waals surface area contributed by atoms with Crippen LogP contribution in [0.1, 0.15) is 31.7 Å². The Balaban J connectivity index is 1.64. The van der Waals surface area contributed by atoms with Crippen molar-refractivity contribution in [3.8, 4) is 0 Å². The van der Waals surface area contributed by atoms with E-state index in [9.17, 15) is 13.2 Å². The highest BCUT2D eigenvalue weighted by Crippen LogP contribution is 2.34. The maximum absolute atomic E-state index is 12.2. The summed E-state index contributed by atoms with van der Waals surface area (Å²) in [5, 5.41) is 0. The summed E-state index contributed by atoms with van der Waals surface area (Å²) in [6.45, 7) is 2.63. The Kier molecular flexibility index (Phi) is 4.67. The lowest BCUT2D eigenvalue weighted by Gasteiger charge is -2.23. The number of amides is 1. The van der Waals surface area contributed by atoms with Gasteiger partial charge in [-0.2, -0.15) is 0 Å². The molecule has 130 valence electrons. The minimum absolute atomic E-state index is 0.000553. The fraction of sp³-hybridized carbons (Fsp3) is 0.500. The molecule has 2 aliphatic rings. The summed E-state index contributed by atoms with van der Waals surface area (Å²) in [7, 11) is -1.30. The van der Waals surface area contributed by atoms with E-state index in [0.29, 0.717) is 24.6 Å². The van der Waals surface area contributed by atoms with Crippen LogP contribution in [0.4, 0.5) is 5.69 Å². The van der Waals surface area contributed by atoms with Crippen LogP contribution in [-0.2, 0) is 14.8 Å². The Hall–Kier alpha value is -1.82. The third-order valence-corrected chi connectivity index (χ3v) is 6.83. The number of anilines is 1. The van der Waals surface area contributed by atoms with E-state index in [0.717, 1.165) is 5.56 Å². The Bertz CT molecular complexity index is 736. The molecule has 3 rings (SSSR count). The van der Waals surface area contributed by atoms with Gasteiger partial charge in [-0.15, -0.1) is 0 Å². The molecule has 1 amide bonds. The number of rotatable bonds is 5. The Morgan fingerprint density at radius 1 is 1.29 bits per heavy atom. The van der Waals surface area contributed by atoms with Gasteiger partial charge in [-0.05, 0) is 55.9 Å². The lowest BCUT2D eigenvalue weighted by molar-refractivity contribution is -0.126. The molecule has 5 nitrogen and oxygen atoms in total. The lowest BCUT2D eigenvalue weighted by atomic mass is 10.1. The highest BCUT2D eigenvalue weighted by Gasteiger charge is 2.31. The zero-order valence-corrected chi connectivity index (χ0v) is 15.0. The van der Waals surface area contributed by atoms with Crippen molar-refractivity contribution in [3.05, 3.63) is 35.9 Å². The SMILES string of the molecule is CC(C1CC1)N(C)C(=O)/C=C/c1ccc(N2CCCS2(=O)=O)cc1. The molecule has 0 aromatic heterocycles. The zero-order chi connectivity index (χ0) is 17.3. The Morgan fingerprint density at radius 2 is 1.96 bits per heavy atom. The molecule has 1 aromatic carbocycles. The Labute approximate surface area is 144 Å². The monoisotopic (exact) mass is 348 g/mol. The number of sulfonamides is 1. The van der Waals surface area contributed by atoms with Crippen LogP contribution in [0, 0.1) is 5.92 Å². The quantitative estimate of drug-likeness (QED) is 0.768. The van der Waals surface area contributed by atoms with Crippen molar-refractivity contribution >= 4 is 27.7 Å².